The smallest absolute Gasteiger partial charge is 0.261 e. The predicted octanol–water partition coefficient (Wildman–Crippen LogP) is 3.38. The first-order valence-electron chi connectivity index (χ1n) is 8.33. The maximum atomic E-state index is 12.5. The van der Waals surface area contributed by atoms with Crippen molar-refractivity contribution in [2.24, 2.45) is 0 Å². The molecule has 0 saturated heterocycles. The fraction of sp³-hybridized carbons (Fsp3) is 0.353. The molecule has 1 aromatic carbocycles. The van der Waals surface area contributed by atoms with Gasteiger partial charge < -0.3 is 0 Å². The first kappa shape index (κ1) is 18.7. The molecule has 2 heterocycles. The Hall–Kier alpha value is -2.13. The van der Waals surface area contributed by atoms with Crippen LogP contribution < -0.4 is 10.9 Å². The van der Waals surface area contributed by atoms with Crippen molar-refractivity contribution in [3.8, 4) is 0 Å². The Morgan fingerprint density at radius 3 is 2.96 bits per heavy atom. The highest BCUT2D eigenvalue weighted by molar-refractivity contribution is 9.10. The molecule has 0 aliphatic heterocycles. The van der Waals surface area contributed by atoms with Crippen molar-refractivity contribution >= 4 is 49.2 Å². The Morgan fingerprint density at radius 2 is 2.15 bits per heavy atom. The molecule has 0 unspecified atom stereocenters. The first-order chi connectivity index (χ1) is 12.6. The fourth-order valence-corrected chi connectivity index (χ4v) is 3.65. The minimum atomic E-state index is -0.334. The number of amides is 1. The van der Waals surface area contributed by atoms with Gasteiger partial charge in [-0.2, -0.15) is 0 Å². The standard InChI is InChI=1S/C17H18BrN5O2S/c1-2-3-4-5-15-21-22-17(26-15)20-14(24)9-23-10-19-13-7-6-11(18)8-12(13)16(23)25/h6-8,10H,2-5,9H2,1H3,(H,20,22,24). The molecule has 3 rings (SSSR count). The van der Waals surface area contributed by atoms with Crippen LogP contribution in [0.15, 0.2) is 33.8 Å². The lowest BCUT2D eigenvalue weighted by molar-refractivity contribution is -0.116. The maximum absolute atomic E-state index is 12.5. The van der Waals surface area contributed by atoms with Gasteiger partial charge in [0.05, 0.1) is 17.2 Å². The lowest BCUT2D eigenvalue weighted by Crippen LogP contribution is -2.27. The molecule has 26 heavy (non-hydrogen) atoms. The van der Waals surface area contributed by atoms with Gasteiger partial charge in [-0.3, -0.25) is 19.5 Å². The third-order valence-corrected chi connectivity index (χ3v) is 5.20. The lowest BCUT2D eigenvalue weighted by Gasteiger charge is -2.06. The van der Waals surface area contributed by atoms with Crippen LogP contribution >= 0.6 is 27.3 Å². The van der Waals surface area contributed by atoms with Gasteiger partial charge >= 0.3 is 0 Å². The largest absolute Gasteiger partial charge is 0.299 e. The van der Waals surface area contributed by atoms with E-state index in [0.717, 1.165) is 35.2 Å². The van der Waals surface area contributed by atoms with Crippen molar-refractivity contribution in [3.63, 3.8) is 0 Å². The Balaban J connectivity index is 1.67. The summed E-state index contributed by atoms with van der Waals surface area (Å²) in [5, 5.41) is 12.6. The third-order valence-electron chi connectivity index (χ3n) is 3.81. The Labute approximate surface area is 162 Å². The summed E-state index contributed by atoms with van der Waals surface area (Å²) in [4.78, 5) is 29.0. The molecule has 1 N–H and O–H groups in total. The predicted molar refractivity (Wildman–Crippen MR) is 105 cm³/mol. The number of unbranched alkanes of at least 4 members (excludes halogenated alkanes) is 2. The number of carbonyl (C=O) groups excluding carboxylic acids is 1. The zero-order valence-corrected chi connectivity index (χ0v) is 16.6. The number of benzene rings is 1. The van der Waals surface area contributed by atoms with Crippen molar-refractivity contribution in [2.45, 2.75) is 39.2 Å². The number of fused-ring (bicyclic) bond motifs is 1. The van der Waals surface area contributed by atoms with Crippen LogP contribution in [0.1, 0.15) is 31.2 Å². The van der Waals surface area contributed by atoms with Crippen LogP contribution in [0.4, 0.5) is 5.13 Å². The molecule has 9 heteroatoms. The summed E-state index contributed by atoms with van der Waals surface area (Å²) in [5.74, 6) is -0.334. The molecule has 0 spiro atoms. The Morgan fingerprint density at radius 1 is 1.31 bits per heavy atom. The second-order valence-corrected chi connectivity index (χ2v) is 7.82. The van der Waals surface area contributed by atoms with E-state index in [1.807, 2.05) is 6.07 Å². The summed E-state index contributed by atoms with van der Waals surface area (Å²) in [7, 11) is 0. The van der Waals surface area contributed by atoms with Gasteiger partial charge in [0.15, 0.2) is 0 Å². The molecule has 0 aliphatic rings. The zero-order chi connectivity index (χ0) is 18.5. The quantitative estimate of drug-likeness (QED) is 0.574. The van der Waals surface area contributed by atoms with Crippen LogP contribution in [-0.2, 0) is 17.8 Å². The van der Waals surface area contributed by atoms with Crippen LogP contribution in [0.2, 0.25) is 0 Å². The summed E-state index contributed by atoms with van der Waals surface area (Å²) in [6, 6.07) is 5.28. The number of hydrogen-bond acceptors (Lipinski definition) is 6. The number of halogens is 1. The van der Waals surface area contributed by atoms with Crippen LogP contribution in [0.3, 0.4) is 0 Å². The normalized spacial score (nSPS) is 11.0. The second kappa shape index (κ2) is 8.50. The van der Waals surface area contributed by atoms with Crippen LogP contribution in [0.5, 0.6) is 0 Å². The van der Waals surface area contributed by atoms with Crippen LogP contribution in [0.25, 0.3) is 10.9 Å². The number of carbonyl (C=O) groups is 1. The monoisotopic (exact) mass is 435 g/mol. The summed E-state index contributed by atoms with van der Waals surface area (Å²) in [6.07, 6.45) is 5.61. The summed E-state index contributed by atoms with van der Waals surface area (Å²) < 4.78 is 2.07. The molecule has 0 fully saturated rings. The maximum Gasteiger partial charge on any atom is 0.261 e. The van der Waals surface area contributed by atoms with E-state index >= 15 is 0 Å². The average Bonchev–Trinajstić information content (AvgIpc) is 3.05. The number of nitrogens with one attached hydrogen (secondary N) is 1. The number of aromatic nitrogens is 4. The highest BCUT2D eigenvalue weighted by atomic mass is 79.9. The number of aryl methyl sites for hydroxylation is 1. The molecule has 0 aliphatic carbocycles. The van der Waals surface area contributed by atoms with Crippen molar-refractivity contribution in [3.05, 3.63) is 44.4 Å². The average molecular weight is 436 g/mol. The minimum absolute atomic E-state index is 0.126. The van der Waals surface area contributed by atoms with E-state index in [9.17, 15) is 9.59 Å². The number of rotatable bonds is 7. The minimum Gasteiger partial charge on any atom is -0.299 e. The van der Waals surface area contributed by atoms with Gasteiger partial charge in [-0.05, 0) is 24.6 Å². The first-order valence-corrected chi connectivity index (χ1v) is 9.94. The SMILES string of the molecule is CCCCCc1nnc(NC(=O)Cn2cnc3ccc(Br)cc3c2=O)s1. The molecule has 3 aromatic rings. The molecule has 136 valence electrons. The molecule has 2 aromatic heterocycles. The Bertz CT molecular complexity index is 985. The molecule has 1 amide bonds. The summed E-state index contributed by atoms with van der Waals surface area (Å²) in [5.41, 5.74) is 0.333. The Kier molecular flexibility index (Phi) is 6.10. The lowest BCUT2D eigenvalue weighted by atomic mass is 10.2. The number of anilines is 1. The van der Waals surface area contributed by atoms with Gasteiger partial charge in [-0.1, -0.05) is 47.0 Å². The third kappa shape index (κ3) is 4.53. The van der Waals surface area contributed by atoms with E-state index in [-0.39, 0.29) is 18.0 Å². The molecule has 0 radical (unpaired) electrons. The van der Waals surface area contributed by atoms with Crippen molar-refractivity contribution < 1.29 is 4.79 Å². The molecular weight excluding hydrogens is 418 g/mol. The van der Waals surface area contributed by atoms with E-state index in [2.05, 4.69) is 43.4 Å². The van der Waals surface area contributed by atoms with E-state index in [4.69, 9.17) is 0 Å². The number of hydrogen-bond donors (Lipinski definition) is 1. The van der Waals surface area contributed by atoms with Gasteiger partial charge in [-0.15, -0.1) is 10.2 Å². The highest BCUT2D eigenvalue weighted by Gasteiger charge is 2.11. The van der Waals surface area contributed by atoms with E-state index in [1.54, 1.807) is 12.1 Å². The number of nitrogens with zero attached hydrogens (tertiary/aromatic N) is 4. The van der Waals surface area contributed by atoms with Gasteiger partial charge in [-0.25, -0.2) is 4.98 Å². The van der Waals surface area contributed by atoms with Crippen LogP contribution in [-0.4, -0.2) is 25.7 Å². The second-order valence-electron chi connectivity index (χ2n) is 5.85. The van der Waals surface area contributed by atoms with Crippen molar-refractivity contribution in [1.29, 1.82) is 0 Å². The van der Waals surface area contributed by atoms with E-state index in [0.29, 0.717) is 16.0 Å². The van der Waals surface area contributed by atoms with Gasteiger partial charge in [0.25, 0.3) is 5.56 Å². The molecule has 0 atom stereocenters. The van der Waals surface area contributed by atoms with E-state index < -0.39 is 0 Å². The topological polar surface area (TPSA) is 89.8 Å². The van der Waals surface area contributed by atoms with Crippen molar-refractivity contribution in [2.75, 3.05) is 5.32 Å². The zero-order valence-electron chi connectivity index (χ0n) is 14.2. The molecular formula is C17H18BrN5O2S. The van der Waals surface area contributed by atoms with Crippen LogP contribution in [0, 0.1) is 0 Å². The van der Waals surface area contributed by atoms with Crippen molar-refractivity contribution in [1.82, 2.24) is 19.7 Å². The highest BCUT2D eigenvalue weighted by Crippen LogP contribution is 2.18. The van der Waals surface area contributed by atoms with Gasteiger partial charge in [0.1, 0.15) is 11.6 Å². The molecule has 0 saturated carbocycles. The van der Waals surface area contributed by atoms with Gasteiger partial charge in [0.2, 0.25) is 11.0 Å². The molecule has 0 bridgehead atoms. The summed E-state index contributed by atoms with van der Waals surface area (Å²) in [6.45, 7) is 2.02. The fourth-order valence-electron chi connectivity index (χ4n) is 2.49. The molecule has 7 nitrogen and oxygen atoms in total. The van der Waals surface area contributed by atoms with Gasteiger partial charge in [0, 0.05) is 10.9 Å². The van der Waals surface area contributed by atoms with E-state index in [1.165, 1.54) is 22.2 Å². The summed E-state index contributed by atoms with van der Waals surface area (Å²) >= 11 is 4.71.